The van der Waals surface area contributed by atoms with Gasteiger partial charge >= 0.3 is 0 Å². The number of halogens is 1. The summed E-state index contributed by atoms with van der Waals surface area (Å²) in [4.78, 5) is 0.789. The van der Waals surface area contributed by atoms with Gasteiger partial charge in [0.25, 0.3) is 0 Å². The first-order chi connectivity index (χ1) is 11.3. The normalized spacial score (nSPS) is 12.1. The van der Waals surface area contributed by atoms with Crippen LogP contribution in [0.3, 0.4) is 0 Å². The van der Waals surface area contributed by atoms with E-state index in [0.717, 1.165) is 16.1 Å². The molecule has 0 saturated heterocycles. The van der Waals surface area contributed by atoms with Crippen LogP contribution < -0.4 is 4.80 Å². The SMILES string of the molecule is C=CCn1c(-c2ccc(Cl)cc2)cs/c1=N\N=C/c1ccco1. The van der Waals surface area contributed by atoms with E-state index >= 15 is 0 Å². The van der Waals surface area contributed by atoms with Gasteiger partial charge in [-0.1, -0.05) is 29.8 Å². The van der Waals surface area contributed by atoms with Crippen molar-refractivity contribution < 1.29 is 4.42 Å². The highest BCUT2D eigenvalue weighted by atomic mass is 35.5. The molecule has 0 aliphatic heterocycles. The average molecular weight is 344 g/mol. The molecule has 23 heavy (non-hydrogen) atoms. The minimum atomic E-state index is 0.649. The quantitative estimate of drug-likeness (QED) is 0.380. The van der Waals surface area contributed by atoms with Crippen molar-refractivity contribution >= 4 is 29.2 Å². The van der Waals surface area contributed by atoms with Crippen molar-refractivity contribution in [1.29, 1.82) is 0 Å². The molecule has 0 N–H and O–H groups in total. The highest BCUT2D eigenvalue weighted by Crippen LogP contribution is 2.22. The highest BCUT2D eigenvalue weighted by Gasteiger charge is 2.06. The van der Waals surface area contributed by atoms with Crippen LogP contribution in [0.1, 0.15) is 5.76 Å². The molecule has 0 spiro atoms. The summed E-state index contributed by atoms with van der Waals surface area (Å²) in [6.07, 6.45) is 5.02. The molecule has 1 aromatic carbocycles. The van der Waals surface area contributed by atoms with Gasteiger partial charge in [-0.3, -0.25) is 0 Å². The molecule has 0 radical (unpaired) electrons. The van der Waals surface area contributed by atoms with E-state index in [4.69, 9.17) is 16.0 Å². The van der Waals surface area contributed by atoms with E-state index < -0.39 is 0 Å². The molecule has 6 heteroatoms. The molecule has 4 nitrogen and oxygen atoms in total. The third kappa shape index (κ3) is 3.70. The number of hydrogen-bond acceptors (Lipinski definition) is 4. The van der Waals surface area contributed by atoms with Gasteiger partial charge in [-0.05, 0) is 29.8 Å². The zero-order chi connectivity index (χ0) is 16.1. The fourth-order valence-electron chi connectivity index (χ4n) is 2.07. The van der Waals surface area contributed by atoms with Gasteiger partial charge in [0.2, 0.25) is 4.80 Å². The van der Waals surface area contributed by atoms with Crippen LogP contribution in [0.5, 0.6) is 0 Å². The minimum absolute atomic E-state index is 0.649. The van der Waals surface area contributed by atoms with Crippen molar-refractivity contribution in [3.8, 4) is 11.3 Å². The third-order valence-electron chi connectivity index (χ3n) is 3.12. The van der Waals surface area contributed by atoms with Crippen molar-refractivity contribution in [2.45, 2.75) is 6.54 Å². The van der Waals surface area contributed by atoms with Crippen LogP contribution in [0, 0.1) is 0 Å². The molecule has 116 valence electrons. The van der Waals surface area contributed by atoms with Crippen molar-refractivity contribution in [2.75, 3.05) is 0 Å². The average Bonchev–Trinajstić information content (AvgIpc) is 3.20. The second kappa shape index (κ2) is 7.26. The standard InChI is InChI=1S/C17H14ClN3OS/c1-2-9-21-16(13-5-7-14(18)8-6-13)12-23-17(21)20-19-11-15-4-3-10-22-15/h2-8,10-12H,1,9H2/b19-11-,20-17-. The van der Waals surface area contributed by atoms with Crippen molar-refractivity contribution in [3.05, 3.63) is 76.3 Å². The first-order valence-corrected chi connectivity index (χ1v) is 8.19. The van der Waals surface area contributed by atoms with E-state index in [1.165, 1.54) is 11.3 Å². The van der Waals surface area contributed by atoms with Crippen LogP contribution in [0.4, 0.5) is 0 Å². The topological polar surface area (TPSA) is 42.8 Å². The molecule has 0 saturated carbocycles. The second-order valence-electron chi connectivity index (χ2n) is 4.67. The van der Waals surface area contributed by atoms with Gasteiger partial charge in [0.1, 0.15) is 5.76 Å². The molecule has 0 fully saturated rings. The number of rotatable bonds is 5. The maximum atomic E-state index is 5.96. The lowest BCUT2D eigenvalue weighted by atomic mass is 10.2. The van der Waals surface area contributed by atoms with E-state index in [1.54, 1.807) is 12.5 Å². The summed E-state index contributed by atoms with van der Waals surface area (Å²) in [5.41, 5.74) is 2.13. The van der Waals surface area contributed by atoms with E-state index in [-0.39, 0.29) is 0 Å². The predicted molar refractivity (Wildman–Crippen MR) is 94.8 cm³/mol. The molecule has 0 aliphatic carbocycles. The lowest BCUT2D eigenvalue weighted by molar-refractivity contribution is 0.560. The number of nitrogens with zero attached hydrogens (tertiary/aromatic N) is 3. The summed E-state index contributed by atoms with van der Waals surface area (Å²) in [5, 5.41) is 11.1. The first kappa shape index (κ1) is 15.5. The van der Waals surface area contributed by atoms with Gasteiger partial charge < -0.3 is 8.98 Å². The lowest BCUT2D eigenvalue weighted by Gasteiger charge is -2.06. The highest BCUT2D eigenvalue weighted by molar-refractivity contribution is 7.07. The summed E-state index contributed by atoms with van der Waals surface area (Å²) in [5.74, 6) is 0.665. The number of allylic oxidation sites excluding steroid dienone is 1. The number of benzene rings is 1. The minimum Gasteiger partial charge on any atom is -0.463 e. The van der Waals surface area contributed by atoms with Gasteiger partial charge in [-0.25, -0.2) is 0 Å². The fraction of sp³-hybridized carbons (Fsp3) is 0.0588. The Hall–Kier alpha value is -2.37. The first-order valence-electron chi connectivity index (χ1n) is 6.93. The molecular formula is C17H14ClN3OS. The van der Waals surface area contributed by atoms with Gasteiger partial charge in [0.15, 0.2) is 0 Å². The van der Waals surface area contributed by atoms with Crippen LogP contribution in [0.2, 0.25) is 5.02 Å². The molecule has 0 aliphatic rings. The van der Waals surface area contributed by atoms with Crippen LogP contribution in [-0.2, 0) is 6.54 Å². The fourth-order valence-corrected chi connectivity index (χ4v) is 3.07. The molecule has 0 bridgehead atoms. The molecule has 0 unspecified atom stereocenters. The molecule has 0 amide bonds. The molecule has 2 aromatic heterocycles. The van der Waals surface area contributed by atoms with Gasteiger partial charge in [0.05, 0.1) is 18.2 Å². The maximum absolute atomic E-state index is 5.96. The van der Waals surface area contributed by atoms with E-state index in [2.05, 4.69) is 21.3 Å². The summed E-state index contributed by atoms with van der Waals surface area (Å²) in [6.45, 7) is 4.46. The zero-order valence-corrected chi connectivity index (χ0v) is 13.8. The summed E-state index contributed by atoms with van der Waals surface area (Å²) in [6, 6.07) is 11.4. The second-order valence-corrected chi connectivity index (χ2v) is 5.94. The summed E-state index contributed by atoms with van der Waals surface area (Å²) < 4.78 is 7.25. The van der Waals surface area contributed by atoms with Gasteiger partial charge in [-0.15, -0.1) is 23.0 Å². The van der Waals surface area contributed by atoms with Crippen LogP contribution in [0.15, 0.2) is 75.3 Å². The zero-order valence-electron chi connectivity index (χ0n) is 12.2. The van der Waals surface area contributed by atoms with E-state index in [9.17, 15) is 0 Å². The number of furan rings is 1. The van der Waals surface area contributed by atoms with Crippen LogP contribution >= 0.6 is 22.9 Å². The number of thiazole rings is 1. The van der Waals surface area contributed by atoms with Crippen LogP contribution in [-0.4, -0.2) is 10.8 Å². The summed E-state index contributed by atoms with van der Waals surface area (Å²) >= 11 is 7.48. The number of hydrogen-bond donors (Lipinski definition) is 0. The Morgan fingerprint density at radius 3 is 2.78 bits per heavy atom. The molecule has 3 aromatic rings. The Kier molecular flexibility index (Phi) is 4.90. The Bertz CT molecular complexity index is 873. The van der Waals surface area contributed by atoms with Crippen molar-refractivity contribution in [1.82, 2.24) is 4.57 Å². The maximum Gasteiger partial charge on any atom is 0.211 e. The number of aromatic nitrogens is 1. The Labute approximate surface area is 142 Å². The monoisotopic (exact) mass is 343 g/mol. The van der Waals surface area contributed by atoms with E-state index in [0.29, 0.717) is 17.3 Å². The lowest BCUT2D eigenvalue weighted by Crippen LogP contribution is -2.14. The molecular weight excluding hydrogens is 330 g/mol. The Morgan fingerprint density at radius 2 is 2.09 bits per heavy atom. The third-order valence-corrected chi connectivity index (χ3v) is 4.23. The molecule has 2 heterocycles. The van der Waals surface area contributed by atoms with Crippen LogP contribution in [0.25, 0.3) is 11.3 Å². The van der Waals surface area contributed by atoms with Crippen molar-refractivity contribution in [2.24, 2.45) is 10.2 Å². The molecule has 3 rings (SSSR count). The smallest absolute Gasteiger partial charge is 0.211 e. The van der Waals surface area contributed by atoms with Crippen molar-refractivity contribution in [3.63, 3.8) is 0 Å². The Morgan fingerprint density at radius 1 is 1.26 bits per heavy atom. The van der Waals surface area contributed by atoms with Gasteiger partial charge in [0, 0.05) is 16.9 Å². The van der Waals surface area contributed by atoms with Gasteiger partial charge in [-0.2, -0.15) is 5.10 Å². The van der Waals surface area contributed by atoms with E-state index in [1.807, 2.05) is 47.9 Å². The predicted octanol–water partition coefficient (Wildman–Crippen LogP) is 4.58. The Balaban J connectivity index is 1.98. The molecule has 0 atom stereocenters. The largest absolute Gasteiger partial charge is 0.463 e. The summed E-state index contributed by atoms with van der Waals surface area (Å²) in [7, 11) is 0.